The van der Waals surface area contributed by atoms with Crippen LogP contribution in [0, 0.1) is 22.7 Å². The molecule has 0 radical (unpaired) electrons. The Morgan fingerprint density at radius 2 is 2.16 bits per heavy atom. The summed E-state index contributed by atoms with van der Waals surface area (Å²) in [4.78, 5) is 7.81. The molecule has 7 nitrogen and oxygen atoms in total. The highest BCUT2D eigenvalue weighted by Gasteiger charge is 2.51. The van der Waals surface area contributed by atoms with Crippen molar-refractivity contribution in [3.05, 3.63) is 62.5 Å². The number of hydrogen-bond donors (Lipinski definition) is 2. The van der Waals surface area contributed by atoms with E-state index in [2.05, 4.69) is 39.0 Å². The number of fused-ring (bicyclic) bond motifs is 2. The maximum Gasteiger partial charge on any atom is 0.198 e. The van der Waals surface area contributed by atoms with E-state index < -0.39 is 5.83 Å². The number of rotatable bonds is 3. The molecule has 192 valence electrons. The summed E-state index contributed by atoms with van der Waals surface area (Å²) in [5, 5.41) is 14.5. The average molecular weight is 538 g/mol. The van der Waals surface area contributed by atoms with Gasteiger partial charge in [0.05, 0.1) is 36.9 Å². The summed E-state index contributed by atoms with van der Waals surface area (Å²) in [5.74, 6) is 0.943. The molecular weight excluding hydrogens is 508 g/mol. The van der Waals surface area contributed by atoms with Crippen molar-refractivity contribution < 1.29 is 13.9 Å². The Bertz CT molecular complexity index is 1420. The number of nitrogen functional groups attached to an aromatic ring is 1. The zero-order valence-corrected chi connectivity index (χ0v) is 22.8. The van der Waals surface area contributed by atoms with Gasteiger partial charge in [0.25, 0.3) is 0 Å². The van der Waals surface area contributed by atoms with Crippen LogP contribution in [0.1, 0.15) is 29.9 Å². The van der Waals surface area contributed by atoms with Crippen LogP contribution in [0.3, 0.4) is 0 Å². The lowest BCUT2D eigenvalue weighted by Crippen LogP contribution is -2.49. The second-order valence-electron chi connectivity index (χ2n) is 10.3. The molecule has 2 saturated heterocycles. The first-order valence-corrected chi connectivity index (χ1v) is 13.7. The first-order valence-electron chi connectivity index (χ1n) is 12.3. The number of nitrogens with two attached hydrogens (primary N) is 1. The number of guanidine groups is 1. The molecule has 3 N–H and O–H groups in total. The zero-order valence-electron chi connectivity index (χ0n) is 20.9. The fourth-order valence-electron chi connectivity index (χ4n) is 5.99. The third-order valence-electron chi connectivity index (χ3n) is 8.24. The number of hydrogen-bond acceptors (Lipinski definition) is 8. The van der Waals surface area contributed by atoms with Crippen LogP contribution in [0.4, 0.5) is 9.39 Å². The molecule has 5 aliphatic rings. The van der Waals surface area contributed by atoms with Gasteiger partial charge in [-0.1, -0.05) is 19.6 Å². The summed E-state index contributed by atoms with van der Waals surface area (Å²) in [5.41, 5.74) is 11.6. The summed E-state index contributed by atoms with van der Waals surface area (Å²) in [6.07, 6.45) is 3.42. The van der Waals surface area contributed by atoms with E-state index in [4.69, 9.17) is 20.2 Å². The van der Waals surface area contributed by atoms with Gasteiger partial charge in [-0.3, -0.25) is 0 Å². The standard InChI is InChI=1S/C27H29FN5O2PS/c1-4-19(28)24-21(15(5-29)25(30)37-24)14(3)20-18-9-34-8-17(18)16-6-31-26(32-22(16)23(20)36)33-7-13(2)27(10-33)11-35-12-27/h4,6,13,22H,3,7-12,30,36H2,1-2H3,(H,31,32)/b19-4+. The van der Waals surface area contributed by atoms with Crippen LogP contribution in [0.5, 0.6) is 0 Å². The van der Waals surface area contributed by atoms with Gasteiger partial charge in [0.2, 0.25) is 0 Å². The van der Waals surface area contributed by atoms with Gasteiger partial charge >= 0.3 is 0 Å². The van der Waals surface area contributed by atoms with E-state index in [9.17, 15) is 9.65 Å². The molecule has 10 heteroatoms. The predicted octanol–water partition coefficient (Wildman–Crippen LogP) is 4.20. The van der Waals surface area contributed by atoms with Crippen molar-refractivity contribution in [3.8, 4) is 6.07 Å². The largest absolute Gasteiger partial charge is 0.389 e. The van der Waals surface area contributed by atoms with Crippen LogP contribution in [-0.4, -0.2) is 56.4 Å². The Morgan fingerprint density at radius 1 is 1.41 bits per heavy atom. The fourth-order valence-corrected chi connectivity index (χ4v) is 7.60. The summed E-state index contributed by atoms with van der Waals surface area (Å²) >= 11 is 1.07. The van der Waals surface area contributed by atoms with Crippen LogP contribution in [0.15, 0.2) is 51.5 Å². The lowest BCUT2D eigenvalue weighted by molar-refractivity contribution is -0.123. The number of nitriles is 1. The lowest BCUT2D eigenvalue weighted by Gasteiger charge is -2.41. The smallest absolute Gasteiger partial charge is 0.198 e. The van der Waals surface area contributed by atoms with Crippen LogP contribution in [-0.2, 0) is 9.47 Å². The van der Waals surface area contributed by atoms with Gasteiger partial charge in [0.1, 0.15) is 22.9 Å². The van der Waals surface area contributed by atoms with Crippen molar-refractivity contribution in [2.45, 2.75) is 19.9 Å². The number of halogens is 1. The number of anilines is 1. The minimum Gasteiger partial charge on any atom is -0.389 e. The molecule has 5 heterocycles. The Hall–Kier alpha value is -2.76. The van der Waals surface area contributed by atoms with Crippen molar-refractivity contribution in [2.24, 2.45) is 16.3 Å². The number of nitrogens with zero attached hydrogens (tertiary/aromatic N) is 3. The van der Waals surface area contributed by atoms with Gasteiger partial charge in [-0.25, -0.2) is 9.38 Å². The first kappa shape index (κ1) is 24.6. The molecule has 1 aromatic rings. The first-order chi connectivity index (χ1) is 17.8. The number of nitrogens with one attached hydrogen (secondary N) is 1. The second kappa shape index (κ2) is 8.92. The number of ether oxygens (including phenoxy) is 2. The Morgan fingerprint density at radius 3 is 2.81 bits per heavy atom. The van der Waals surface area contributed by atoms with Crippen molar-refractivity contribution in [1.29, 1.82) is 5.26 Å². The van der Waals surface area contributed by atoms with Crippen molar-refractivity contribution in [2.75, 3.05) is 45.3 Å². The third kappa shape index (κ3) is 3.58. The summed E-state index contributed by atoms with van der Waals surface area (Å²) in [7, 11) is 2.85. The molecule has 37 heavy (non-hydrogen) atoms. The maximum atomic E-state index is 14.9. The molecule has 3 unspecified atom stereocenters. The Kier molecular flexibility index (Phi) is 5.92. The number of allylic oxidation sites excluding steroid dienone is 2. The summed E-state index contributed by atoms with van der Waals surface area (Å²) in [6, 6.07) is 1.91. The van der Waals surface area contributed by atoms with Crippen molar-refractivity contribution in [3.63, 3.8) is 0 Å². The molecule has 0 bridgehead atoms. The van der Waals surface area contributed by atoms with Gasteiger partial charge in [-0.05, 0) is 40.4 Å². The molecule has 0 amide bonds. The Labute approximate surface area is 222 Å². The van der Waals surface area contributed by atoms with Crippen LogP contribution < -0.4 is 11.1 Å². The quantitative estimate of drug-likeness (QED) is 0.562. The summed E-state index contributed by atoms with van der Waals surface area (Å²) in [6.45, 7) is 12.6. The predicted molar refractivity (Wildman–Crippen MR) is 148 cm³/mol. The molecule has 1 aliphatic carbocycles. The number of aliphatic imine (C=N–C) groups is 1. The van der Waals surface area contributed by atoms with E-state index in [-0.39, 0.29) is 22.0 Å². The monoisotopic (exact) mass is 537 g/mol. The molecule has 3 atom stereocenters. The number of likely N-dealkylation sites (tertiary alicyclic amines) is 1. The van der Waals surface area contributed by atoms with Gasteiger partial charge in [-0.2, -0.15) is 5.26 Å². The molecule has 4 aliphatic heterocycles. The summed E-state index contributed by atoms with van der Waals surface area (Å²) < 4.78 is 26.4. The van der Waals surface area contributed by atoms with Gasteiger partial charge in [0, 0.05) is 35.8 Å². The third-order valence-corrected chi connectivity index (χ3v) is 9.87. The van der Waals surface area contributed by atoms with Crippen molar-refractivity contribution in [1.82, 2.24) is 10.2 Å². The minimum atomic E-state index is -0.423. The molecule has 0 aromatic carbocycles. The number of thiophene rings is 1. The molecule has 6 rings (SSSR count). The zero-order chi connectivity index (χ0) is 26.1. The highest BCUT2D eigenvalue weighted by atomic mass is 32.1. The van der Waals surface area contributed by atoms with Crippen LogP contribution in [0.2, 0.25) is 0 Å². The van der Waals surface area contributed by atoms with Crippen molar-refractivity contribution >= 4 is 42.9 Å². The molecule has 1 aromatic heterocycles. The molecule has 1 spiro atoms. The topological polar surface area (TPSA) is 95.9 Å². The van der Waals surface area contributed by atoms with Gasteiger partial charge in [0.15, 0.2) is 5.96 Å². The highest BCUT2D eigenvalue weighted by Crippen LogP contribution is 2.50. The van der Waals surface area contributed by atoms with E-state index in [0.717, 1.165) is 71.2 Å². The van der Waals surface area contributed by atoms with Crippen LogP contribution in [0.25, 0.3) is 11.4 Å². The average Bonchev–Trinajstić information content (AvgIpc) is 3.58. The van der Waals surface area contributed by atoms with Gasteiger partial charge in [-0.15, -0.1) is 20.6 Å². The molecule has 2 fully saturated rings. The highest BCUT2D eigenvalue weighted by molar-refractivity contribution is 7.23. The Balaban J connectivity index is 1.43. The SMILES string of the molecule is C=C(C1=C(P)C2N=C(N3CC(C)C4(COC4)C3)NC=C2C2=C1COC2)c1c(/C(F)=C\C)sc(N)c1C#N. The fraction of sp³-hybridized carbons (Fsp3) is 0.407. The molecular formula is C27H29FN5O2PS. The minimum absolute atomic E-state index is 0.203. The normalized spacial score (nSPS) is 26.4. The van der Waals surface area contributed by atoms with Gasteiger partial charge < -0.3 is 25.4 Å². The van der Waals surface area contributed by atoms with Crippen LogP contribution >= 0.6 is 20.6 Å². The van der Waals surface area contributed by atoms with E-state index in [1.807, 2.05) is 6.20 Å². The lowest BCUT2D eigenvalue weighted by atomic mass is 9.77. The van der Waals surface area contributed by atoms with E-state index in [1.54, 1.807) is 6.92 Å². The van der Waals surface area contributed by atoms with E-state index in [0.29, 0.717) is 35.1 Å². The maximum absolute atomic E-state index is 14.9. The second-order valence-corrected chi connectivity index (χ2v) is 12.0. The van der Waals surface area contributed by atoms with E-state index >= 15 is 0 Å². The van der Waals surface area contributed by atoms with E-state index in [1.165, 1.54) is 6.08 Å². The molecule has 0 saturated carbocycles.